The van der Waals surface area contributed by atoms with Crippen LogP contribution in [0.1, 0.15) is 66.2 Å². The number of hydrogen-bond acceptors (Lipinski definition) is 8. The summed E-state index contributed by atoms with van der Waals surface area (Å²) in [5, 5.41) is 6.31. The summed E-state index contributed by atoms with van der Waals surface area (Å²) in [4.78, 5) is 40.8. The van der Waals surface area contributed by atoms with Crippen molar-refractivity contribution in [1.29, 1.82) is 0 Å². The van der Waals surface area contributed by atoms with Gasteiger partial charge in [0, 0.05) is 48.9 Å². The monoisotopic (exact) mass is 645 g/mol. The molecule has 1 saturated heterocycles. The highest BCUT2D eigenvalue weighted by Crippen LogP contribution is 2.32. The molecule has 3 aromatic carbocycles. The van der Waals surface area contributed by atoms with Crippen molar-refractivity contribution in [2.24, 2.45) is 5.92 Å². The number of hydrogen-bond donors (Lipinski definition) is 2. The van der Waals surface area contributed by atoms with Crippen molar-refractivity contribution < 1.29 is 33.3 Å². The Morgan fingerprint density at radius 3 is 2.15 bits per heavy atom. The minimum Gasteiger partial charge on any atom is -0.497 e. The molecule has 0 aromatic heterocycles. The average molecular weight is 646 g/mol. The molecule has 0 bridgehead atoms. The van der Waals surface area contributed by atoms with Gasteiger partial charge >= 0.3 is 6.09 Å². The number of nitrogens with one attached hydrogen (secondary N) is 2. The second-order valence-corrected chi connectivity index (χ2v) is 12.7. The van der Waals surface area contributed by atoms with Crippen molar-refractivity contribution in [3.63, 3.8) is 0 Å². The molecule has 0 unspecified atom stereocenters. The van der Waals surface area contributed by atoms with Gasteiger partial charge in [-0.3, -0.25) is 9.59 Å². The number of anilines is 1. The maximum atomic E-state index is 13.8. The van der Waals surface area contributed by atoms with Crippen LogP contribution in [-0.2, 0) is 16.0 Å². The summed E-state index contributed by atoms with van der Waals surface area (Å²) in [5.41, 5.74) is 3.94. The van der Waals surface area contributed by atoms with Gasteiger partial charge in [0.25, 0.3) is 0 Å². The summed E-state index contributed by atoms with van der Waals surface area (Å²) in [7, 11) is 4.80. The van der Waals surface area contributed by atoms with Crippen LogP contribution in [0.5, 0.6) is 17.2 Å². The Kier molecular flexibility index (Phi) is 11.7. The maximum Gasteiger partial charge on any atom is 0.410 e. The fraction of sp³-hybridized carbons (Fsp3) is 0.432. The van der Waals surface area contributed by atoms with Crippen molar-refractivity contribution in [3.8, 4) is 17.2 Å². The second-order valence-electron chi connectivity index (χ2n) is 12.7. The molecule has 252 valence electrons. The smallest absolute Gasteiger partial charge is 0.410 e. The third-order valence-corrected chi connectivity index (χ3v) is 8.35. The number of ketones is 1. The number of likely N-dealkylation sites (tertiary alicyclic amines) is 1. The van der Waals surface area contributed by atoms with Gasteiger partial charge in [-0.1, -0.05) is 6.07 Å². The summed E-state index contributed by atoms with van der Waals surface area (Å²) < 4.78 is 21.8. The standard InChI is InChI=1S/C37H47N3O7/c1-24-31(20-27-10-13-29(45-6)21-33(27)46-7)30(35(42)26-8-11-28(44-5)12-9-26)14-15-32(24)38-23-34(41)39-22-25-16-18-40(19-17-25)36(43)47-37(2,3)4/h8-15,21,25,38H,16-20,22-23H2,1-7H3,(H,39,41). The highest BCUT2D eigenvalue weighted by molar-refractivity contribution is 6.10. The maximum absolute atomic E-state index is 13.8. The van der Waals surface area contributed by atoms with Gasteiger partial charge in [-0.15, -0.1) is 0 Å². The Balaban J connectivity index is 1.45. The van der Waals surface area contributed by atoms with Gasteiger partial charge in [-0.2, -0.15) is 0 Å². The van der Waals surface area contributed by atoms with Crippen LogP contribution in [0.4, 0.5) is 10.5 Å². The zero-order valence-corrected chi connectivity index (χ0v) is 28.5. The summed E-state index contributed by atoms with van der Waals surface area (Å²) in [5.74, 6) is 2.04. The van der Waals surface area contributed by atoms with Crippen molar-refractivity contribution in [2.75, 3.05) is 52.8 Å². The molecule has 1 heterocycles. The molecule has 0 saturated carbocycles. The number of nitrogens with zero attached hydrogens (tertiary/aromatic N) is 1. The first-order valence-corrected chi connectivity index (χ1v) is 15.9. The van der Waals surface area contributed by atoms with E-state index in [1.54, 1.807) is 50.5 Å². The summed E-state index contributed by atoms with van der Waals surface area (Å²) >= 11 is 0. The normalized spacial score (nSPS) is 13.5. The Hall–Kier alpha value is -4.73. The van der Waals surface area contributed by atoms with Crippen LogP contribution in [-0.4, -0.2) is 75.8 Å². The van der Waals surface area contributed by atoms with Crippen LogP contribution in [0.3, 0.4) is 0 Å². The average Bonchev–Trinajstić information content (AvgIpc) is 3.06. The molecule has 0 atom stereocenters. The van der Waals surface area contributed by atoms with E-state index in [1.807, 2.05) is 58.0 Å². The van der Waals surface area contributed by atoms with E-state index in [2.05, 4.69) is 10.6 Å². The van der Waals surface area contributed by atoms with Gasteiger partial charge < -0.3 is 34.5 Å². The van der Waals surface area contributed by atoms with Crippen molar-refractivity contribution in [3.05, 3.63) is 82.4 Å². The van der Waals surface area contributed by atoms with E-state index in [9.17, 15) is 14.4 Å². The lowest BCUT2D eigenvalue weighted by atomic mass is 9.89. The first-order chi connectivity index (χ1) is 22.4. The zero-order chi connectivity index (χ0) is 34.1. The molecule has 1 aliphatic heterocycles. The van der Waals surface area contributed by atoms with Crippen LogP contribution in [0.15, 0.2) is 54.6 Å². The number of rotatable bonds is 12. The van der Waals surface area contributed by atoms with Gasteiger partial charge in [-0.25, -0.2) is 4.79 Å². The van der Waals surface area contributed by atoms with E-state index < -0.39 is 5.60 Å². The molecule has 2 N–H and O–H groups in total. The number of benzene rings is 3. The SMILES string of the molecule is COc1ccc(C(=O)c2ccc(NCC(=O)NCC3CCN(C(=O)OC(C)(C)C)CC3)c(C)c2Cc2ccc(OC)cc2OC)cc1. The lowest BCUT2D eigenvalue weighted by Crippen LogP contribution is -2.44. The molecule has 0 radical (unpaired) electrons. The minimum atomic E-state index is -0.525. The largest absolute Gasteiger partial charge is 0.497 e. The van der Waals surface area contributed by atoms with E-state index in [0.29, 0.717) is 54.4 Å². The van der Waals surface area contributed by atoms with Gasteiger partial charge in [0.05, 0.1) is 27.9 Å². The van der Waals surface area contributed by atoms with Gasteiger partial charge in [0.15, 0.2) is 5.78 Å². The third-order valence-electron chi connectivity index (χ3n) is 8.35. The van der Waals surface area contributed by atoms with Crippen LogP contribution >= 0.6 is 0 Å². The fourth-order valence-corrected chi connectivity index (χ4v) is 5.62. The van der Waals surface area contributed by atoms with E-state index in [4.69, 9.17) is 18.9 Å². The number of ether oxygens (including phenoxy) is 4. The van der Waals surface area contributed by atoms with Gasteiger partial charge in [0.1, 0.15) is 22.8 Å². The predicted molar refractivity (Wildman–Crippen MR) is 182 cm³/mol. The van der Waals surface area contributed by atoms with Gasteiger partial charge in [0.2, 0.25) is 5.91 Å². The highest BCUT2D eigenvalue weighted by Gasteiger charge is 2.27. The van der Waals surface area contributed by atoms with Crippen molar-refractivity contribution >= 4 is 23.5 Å². The minimum absolute atomic E-state index is 0.0780. The first-order valence-electron chi connectivity index (χ1n) is 15.9. The first kappa shape index (κ1) is 35.1. The number of amides is 2. The lowest BCUT2D eigenvalue weighted by molar-refractivity contribution is -0.119. The van der Waals surface area contributed by atoms with Crippen LogP contribution in [0.25, 0.3) is 0 Å². The molecule has 1 fully saturated rings. The zero-order valence-electron chi connectivity index (χ0n) is 28.5. The highest BCUT2D eigenvalue weighted by atomic mass is 16.6. The Labute approximate surface area is 277 Å². The second kappa shape index (κ2) is 15.7. The van der Waals surface area contributed by atoms with Crippen LogP contribution in [0.2, 0.25) is 0 Å². The quantitative estimate of drug-likeness (QED) is 0.230. The molecule has 0 aliphatic carbocycles. The fourth-order valence-electron chi connectivity index (χ4n) is 5.62. The molecule has 10 nitrogen and oxygen atoms in total. The van der Waals surface area contributed by atoms with Crippen molar-refractivity contribution in [1.82, 2.24) is 10.2 Å². The summed E-state index contributed by atoms with van der Waals surface area (Å²) in [6.45, 7) is 9.36. The molecule has 0 spiro atoms. The lowest BCUT2D eigenvalue weighted by Gasteiger charge is -2.33. The molecule has 10 heteroatoms. The van der Waals surface area contributed by atoms with E-state index in [0.717, 1.165) is 35.2 Å². The molecule has 4 rings (SSSR count). The Morgan fingerprint density at radius 2 is 1.53 bits per heavy atom. The topological polar surface area (TPSA) is 115 Å². The number of methoxy groups -OCH3 is 3. The van der Waals surface area contributed by atoms with Crippen molar-refractivity contribution in [2.45, 2.75) is 52.6 Å². The Morgan fingerprint density at radius 1 is 0.872 bits per heavy atom. The molecule has 47 heavy (non-hydrogen) atoms. The van der Waals surface area contributed by atoms with Crippen LogP contribution in [0, 0.1) is 12.8 Å². The molecular weight excluding hydrogens is 598 g/mol. The molecule has 3 aromatic rings. The number of piperidine rings is 1. The van der Waals surface area contributed by atoms with Crippen LogP contribution < -0.4 is 24.8 Å². The van der Waals surface area contributed by atoms with E-state index in [1.165, 1.54) is 0 Å². The summed E-state index contributed by atoms with van der Waals surface area (Å²) in [6, 6.07) is 16.3. The van der Waals surface area contributed by atoms with E-state index in [-0.39, 0.29) is 30.2 Å². The number of carbonyl (C=O) groups excluding carboxylic acids is 3. The predicted octanol–water partition coefficient (Wildman–Crippen LogP) is 6.02. The van der Waals surface area contributed by atoms with E-state index >= 15 is 0 Å². The number of carbonyl (C=O) groups is 3. The molecular formula is C37H47N3O7. The third kappa shape index (κ3) is 9.40. The Bertz CT molecular complexity index is 1560. The molecule has 1 aliphatic rings. The molecule has 2 amide bonds. The van der Waals surface area contributed by atoms with Gasteiger partial charge in [-0.05, 0) is 106 Å². The summed E-state index contributed by atoms with van der Waals surface area (Å²) in [6.07, 6.45) is 1.74.